The molecule has 2 aromatic rings. The van der Waals surface area contributed by atoms with Crippen LogP contribution in [-0.4, -0.2) is 49.7 Å². The number of aryl methyl sites for hydroxylation is 1. The molecule has 104 valence electrons. The van der Waals surface area contributed by atoms with Crippen LogP contribution in [0, 0.1) is 0 Å². The molecule has 0 saturated heterocycles. The van der Waals surface area contributed by atoms with E-state index >= 15 is 0 Å². The molecule has 7 heteroatoms. The van der Waals surface area contributed by atoms with Crippen LogP contribution in [0.25, 0.3) is 11.0 Å². The zero-order valence-electron chi connectivity index (χ0n) is 11.8. The normalized spacial score (nSPS) is 13.3. The van der Waals surface area contributed by atoms with Crippen molar-refractivity contribution in [2.45, 2.75) is 19.5 Å². The predicted octanol–water partition coefficient (Wildman–Crippen LogP) is 1.13. The Kier molecular flexibility index (Phi) is 4.26. The minimum absolute atomic E-state index is 0.474. The summed E-state index contributed by atoms with van der Waals surface area (Å²) < 4.78 is 1.72. The number of rotatable bonds is 5. The van der Waals surface area contributed by atoms with E-state index in [4.69, 9.17) is 5.73 Å². The molecule has 2 heterocycles. The zero-order valence-corrected chi connectivity index (χ0v) is 12.6. The largest absolute Gasteiger partial charge is 0.383 e. The van der Waals surface area contributed by atoms with Crippen molar-refractivity contribution in [2.24, 2.45) is 7.05 Å². The van der Waals surface area contributed by atoms with Gasteiger partial charge in [-0.3, -0.25) is 9.58 Å². The molecule has 0 fully saturated rings. The Labute approximate surface area is 117 Å². The summed E-state index contributed by atoms with van der Waals surface area (Å²) in [6.07, 6.45) is 3.81. The van der Waals surface area contributed by atoms with E-state index in [1.807, 2.05) is 18.8 Å². The van der Waals surface area contributed by atoms with Gasteiger partial charge >= 0.3 is 0 Å². The predicted molar refractivity (Wildman–Crippen MR) is 80.0 cm³/mol. The average Bonchev–Trinajstić information content (AvgIpc) is 2.72. The lowest BCUT2D eigenvalue weighted by atomic mass is 10.3. The molecule has 0 bridgehead atoms. The molecular formula is C12H20N6S. The standard InChI is InChI=1S/C12H20N6S/c1-8(7-19-4)17(2)6-10-15-11(13)9-5-14-18(3)12(9)16-10/h5,8H,6-7H2,1-4H3,(H2,13,15,16). The van der Waals surface area contributed by atoms with Crippen molar-refractivity contribution in [1.29, 1.82) is 0 Å². The Hall–Kier alpha value is -1.34. The van der Waals surface area contributed by atoms with Crippen LogP contribution in [0.2, 0.25) is 0 Å². The molecule has 0 aliphatic carbocycles. The third-order valence-electron chi connectivity index (χ3n) is 3.22. The van der Waals surface area contributed by atoms with E-state index in [0.29, 0.717) is 18.4 Å². The van der Waals surface area contributed by atoms with Crippen LogP contribution in [0.3, 0.4) is 0 Å². The summed E-state index contributed by atoms with van der Waals surface area (Å²) >= 11 is 1.84. The number of nitrogen functional groups attached to an aromatic ring is 1. The Morgan fingerprint density at radius 3 is 2.89 bits per heavy atom. The van der Waals surface area contributed by atoms with Crippen molar-refractivity contribution in [3.05, 3.63) is 12.0 Å². The van der Waals surface area contributed by atoms with E-state index in [1.165, 1.54) is 0 Å². The first kappa shape index (κ1) is 14.1. The number of aromatic nitrogens is 4. The summed E-state index contributed by atoms with van der Waals surface area (Å²) in [7, 11) is 3.94. The maximum absolute atomic E-state index is 5.95. The SMILES string of the molecule is CSCC(C)N(C)Cc1nc(N)c2cnn(C)c2n1. The highest BCUT2D eigenvalue weighted by molar-refractivity contribution is 7.98. The lowest BCUT2D eigenvalue weighted by Crippen LogP contribution is -2.31. The van der Waals surface area contributed by atoms with E-state index in [9.17, 15) is 0 Å². The molecule has 0 spiro atoms. The van der Waals surface area contributed by atoms with Crippen LogP contribution < -0.4 is 5.73 Å². The van der Waals surface area contributed by atoms with Crippen LogP contribution in [0.4, 0.5) is 5.82 Å². The van der Waals surface area contributed by atoms with E-state index in [1.54, 1.807) is 10.9 Å². The van der Waals surface area contributed by atoms with Crippen LogP contribution in [0.15, 0.2) is 6.20 Å². The van der Waals surface area contributed by atoms with Crippen molar-refractivity contribution in [3.8, 4) is 0 Å². The van der Waals surface area contributed by atoms with Gasteiger partial charge in [0.05, 0.1) is 18.1 Å². The van der Waals surface area contributed by atoms with Gasteiger partial charge in [-0.1, -0.05) is 0 Å². The monoisotopic (exact) mass is 280 g/mol. The second-order valence-electron chi connectivity index (χ2n) is 4.75. The summed E-state index contributed by atoms with van der Waals surface area (Å²) in [4.78, 5) is 11.1. The van der Waals surface area contributed by atoms with Crippen LogP contribution in [0.1, 0.15) is 12.7 Å². The quantitative estimate of drug-likeness (QED) is 0.885. The number of nitrogens with two attached hydrogens (primary N) is 1. The fraction of sp³-hybridized carbons (Fsp3) is 0.583. The van der Waals surface area contributed by atoms with Gasteiger partial charge < -0.3 is 5.73 Å². The smallest absolute Gasteiger partial charge is 0.163 e. The molecule has 1 atom stereocenters. The number of hydrogen-bond acceptors (Lipinski definition) is 6. The third kappa shape index (κ3) is 2.98. The fourth-order valence-electron chi connectivity index (χ4n) is 1.91. The zero-order chi connectivity index (χ0) is 14.0. The van der Waals surface area contributed by atoms with Crippen molar-refractivity contribution in [3.63, 3.8) is 0 Å². The van der Waals surface area contributed by atoms with E-state index in [0.717, 1.165) is 22.6 Å². The second-order valence-corrected chi connectivity index (χ2v) is 5.66. The molecule has 1 unspecified atom stereocenters. The molecule has 0 amide bonds. The van der Waals surface area contributed by atoms with E-state index in [-0.39, 0.29) is 0 Å². The minimum Gasteiger partial charge on any atom is -0.383 e. The van der Waals surface area contributed by atoms with Gasteiger partial charge in [0.25, 0.3) is 0 Å². The van der Waals surface area contributed by atoms with Gasteiger partial charge in [0.2, 0.25) is 0 Å². The molecule has 19 heavy (non-hydrogen) atoms. The van der Waals surface area contributed by atoms with Gasteiger partial charge in [0, 0.05) is 18.8 Å². The van der Waals surface area contributed by atoms with E-state index < -0.39 is 0 Å². The highest BCUT2D eigenvalue weighted by atomic mass is 32.2. The van der Waals surface area contributed by atoms with Gasteiger partial charge in [-0.05, 0) is 20.2 Å². The molecule has 6 nitrogen and oxygen atoms in total. The average molecular weight is 280 g/mol. The second kappa shape index (κ2) is 5.75. The number of thioether (sulfide) groups is 1. The molecule has 2 rings (SSSR count). The van der Waals surface area contributed by atoms with Crippen LogP contribution in [0.5, 0.6) is 0 Å². The highest BCUT2D eigenvalue weighted by Crippen LogP contribution is 2.17. The molecule has 0 radical (unpaired) electrons. The van der Waals surface area contributed by atoms with Crippen LogP contribution >= 0.6 is 11.8 Å². The lowest BCUT2D eigenvalue weighted by molar-refractivity contribution is 0.263. The summed E-state index contributed by atoms with van der Waals surface area (Å²) in [5.41, 5.74) is 6.74. The first-order chi connectivity index (χ1) is 9.02. The van der Waals surface area contributed by atoms with Gasteiger partial charge in [0.1, 0.15) is 11.6 Å². The number of nitrogens with zero attached hydrogens (tertiary/aromatic N) is 5. The Morgan fingerprint density at radius 2 is 2.21 bits per heavy atom. The number of hydrogen-bond donors (Lipinski definition) is 1. The molecule has 2 N–H and O–H groups in total. The Bertz CT molecular complexity index is 567. The summed E-state index contributed by atoms with van der Waals surface area (Å²) in [5.74, 6) is 2.32. The first-order valence-electron chi connectivity index (χ1n) is 6.16. The van der Waals surface area contributed by atoms with Gasteiger partial charge in [0.15, 0.2) is 5.65 Å². The van der Waals surface area contributed by atoms with Crippen molar-refractivity contribution in [1.82, 2.24) is 24.6 Å². The van der Waals surface area contributed by atoms with Crippen LogP contribution in [-0.2, 0) is 13.6 Å². The first-order valence-corrected chi connectivity index (χ1v) is 7.55. The van der Waals surface area contributed by atoms with Crippen molar-refractivity contribution >= 4 is 28.6 Å². The summed E-state index contributed by atoms with van der Waals surface area (Å²) in [6.45, 7) is 2.88. The Balaban J connectivity index is 2.23. The molecule has 0 aliphatic rings. The summed E-state index contributed by atoms with van der Waals surface area (Å²) in [6, 6.07) is 0.474. The molecule has 2 aromatic heterocycles. The molecule has 0 aromatic carbocycles. The summed E-state index contributed by atoms with van der Waals surface area (Å²) in [5, 5.41) is 4.97. The third-order valence-corrected chi connectivity index (χ3v) is 4.03. The van der Waals surface area contributed by atoms with Gasteiger partial charge in [-0.25, -0.2) is 9.97 Å². The van der Waals surface area contributed by atoms with Gasteiger partial charge in [-0.15, -0.1) is 0 Å². The number of anilines is 1. The lowest BCUT2D eigenvalue weighted by Gasteiger charge is -2.23. The van der Waals surface area contributed by atoms with Crippen molar-refractivity contribution in [2.75, 3.05) is 24.8 Å². The maximum atomic E-state index is 5.95. The number of fused-ring (bicyclic) bond motifs is 1. The minimum atomic E-state index is 0.474. The maximum Gasteiger partial charge on any atom is 0.163 e. The van der Waals surface area contributed by atoms with Crippen molar-refractivity contribution < 1.29 is 0 Å². The molecule has 0 aliphatic heterocycles. The van der Waals surface area contributed by atoms with Gasteiger partial charge in [-0.2, -0.15) is 16.9 Å². The Morgan fingerprint density at radius 1 is 1.47 bits per heavy atom. The molecule has 0 saturated carbocycles. The highest BCUT2D eigenvalue weighted by Gasteiger charge is 2.13. The topological polar surface area (TPSA) is 72.9 Å². The van der Waals surface area contributed by atoms with E-state index in [2.05, 4.69) is 40.2 Å². The molecular weight excluding hydrogens is 260 g/mol. The fourth-order valence-corrected chi connectivity index (χ4v) is 2.65.